The molecule has 0 spiro atoms. The molecule has 0 aliphatic heterocycles. The first-order chi connectivity index (χ1) is 5.31. The number of hydrogen-bond donors (Lipinski definition) is 2. The van der Waals surface area contributed by atoms with Crippen LogP contribution in [0.1, 0.15) is 12.8 Å². The highest BCUT2D eigenvalue weighted by Crippen LogP contribution is 2.37. The largest absolute Gasteiger partial charge is 0.356 e. The Labute approximate surface area is 74.6 Å². The van der Waals surface area contributed by atoms with Crippen molar-refractivity contribution in [3.8, 4) is 11.5 Å². The minimum Gasteiger partial charge on any atom is -0.356 e. The summed E-state index contributed by atoms with van der Waals surface area (Å²) in [6.45, 7) is 6.26. The van der Waals surface area contributed by atoms with E-state index in [-0.39, 0.29) is 5.92 Å². The third-order valence-electron chi connectivity index (χ3n) is 1.77. The van der Waals surface area contributed by atoms with Crippen molar-refractivity contribution in [2.45, 2.75) is 38.3 Å². The Kier molecular flexibility index (Phi) is 2.35. The van der Waals surface area contributed by atoms with Gasteiger partial charge in [0.05, 0.1) is 0 Å². The molecule has 3 heteroatoms. The Bertz CT molecular complexity index is 225. The number of aliphatic hydroxyl groups is 2. The molecule has 0 unspecified atom stereocenters. The summed E-state index contributed by atoms with van der Waals surface area (Å²) in [4.78, 5) is 0. The lowest BCUT2D eigenvalue weighted by atomic mass is 10.2. The standard InChI is InChI=1S/C9H16O2Si/c1-12(2,3)7-6-9(10,11)8-4-5-8/h8,10-11H,4-5H2,1-3H3. The zero-order chi connectivity index (χ0) is 9.41. The molecule has 0 aromatic carbocycles. The molecule has 2 N–H and O–H groups in total. The van der Waals surface area contributed by atoms with Crippen LogP contribution >= 0.6 is 0 Å². The van der Waals surface area contributed by atoms with E-state index < -0.39 is 13.9 Å². The molecule has 0 atom stereocenters. The van der Waals surface area contributed by atoms with Crippen LogP contribution in [0.3, 0.4) is 0 Å². The molecule has 0 amide bonds. The van der Waals surface area contributed by atoms with Crippen LogP contribution in [0.2, 0.25) is 19.6 Å². The third kappa shape index (κ3) is 2.98. The molecule has 0 radical (unpaired) electrons. The van der Waals surface area contributed by atoms with Gasteiger partial charge >= 0.3 is 0 Å². The van der Waals surface area contributed by atoms with Gasteiger partial charge in [0.2, 0.25) is 5.79 Å². The smallest absolute Gasteiger partial charge is 0.230 e. The van der Waals surface area contributed by atoms with Crippen molar-refractivity contribution in [2.75, 3.05) is 0 Å². The Morgan fingerprint density at radius 3 is 2.08 bits per heavy atom. The first-order valence-corrected chi connectivity index (χ1v) is 7.80. The molecule has 1 rings (SSSR count). The maximum absolute atomic E-state index is 9.42. The molecule has 1 fully saturated rings. The molecule has 0 aromatic heterocycles. The number of hydrogen-bond acceptors (Lipinski definition) is 2. The predicted octanol–water partition coefficient (Wildman–Crippen LogP) is 0.958. The van der Waals surface area contributed by atoms with Crippen molar-refractivity contribution >= 4 is 8.07 Å². The molecular formula is C9H16O2Si. The second-order valence-electron chi connectivity index (χ2n) is 4.50. The van der Waals surface area contributed by atoms with Gasteiger partial charge in [-0.1, -0.05) is 19.6 Å². The molecule has 0 heterocycles. The fraction of sp³-hybridized carbons (Fsp3) is 0.778. The molecule has 1 saturated carbocycles. The minimum absolute atomic E-state index is 0.00125. The van der Waals surface area contributed by atoms with E-state index >= 15 is 0 Å². The van der Waals surface area contributed by atoms with Crippen LogP contribution in [0.15, 0.2) is 0 Å². The van der Waals surface area contributed by atoms with Gasteiger partial charge in [-0.3, -0.25) is 0 Å². The zero-order valence-electron chi connectivity index (χ0n) is 7.89. The lowest BCUT2D eigenvalue weighted by molar-refractivity contribution is -0.125. The van der Waals surface area contributed by atoms with Crippen molar-refractivity contribution < 1.29 is 10.2 Å². The van der Waals surface area contributed by atoms with E-state index in [0.29, 0.717) is 0 Å². The SMILES string of the molecule is C[Si](C)(C)C#CC(O)(O)C1CC1. The lowest BCUT2D eigenvalue weighted by Crippen LogP contribution is -2.30. The minimum atomic E-state index is -1.71. The summed E-state index contributed by atoms with van der Waals surface area (Å²) in [7, 11) is -1.47. The maximum Gasteiger partial charge on any atom is 0.230 e. The molecule has 0 saturated heterocycles. The van der Waals surface area contributed by atoms with E-state index in [9.17, 15) is 10.2 Å². The van der Waals surface area contributed by atoms with E-state index in [4.69, 9.17) is 0 Å². The monoisotopic (exact) mass is 184 g/mol. The summed E-state index contributed by atoms with van der Waals surface area (Å²) in [5.74, 6) is 0.877. The van der Waals surface area contributed by atoms with Gasteiger partial charge in [0, 0.05) is 5.92 Å². The third-order valence-corrected chi connectivity index (χ3v) is 2.64. The summed E-state index contributed by atoms with van der Waals surface area (Å²) >= 11 is 0. The van der Waals surface area contributed by atoms with Crippen LogP contribution in [-0.2, 0) is 0 Å². The lowest BCUT2D eigenvalue weighted by Gasteiger charge is -2.14. The summed E-state index contributed by atoms with van der Waals surface area (Å²) in [6.07, 6.45) is 1.79. The topological polar surface area (TPSA) is 40.5 Å². The second-order valence-corrected chi connectivity index (χ2v) is 9.25. The highest BCUT2D eigenvalue weighted by atomic mass is 28.3. The van der Waals surface area contributed by atoms with Gasteiger partial charge in [-0.15, -0.1) is 5.54 Å². The number of rotatable bonds is 1. The molecule has 1 aliphatic rings. The van der Waals surface area contributed by atoms with E-state index in [1.54, 1.807) is 0 Å². The van der Waals surface area contributed by atoms with Gasteiger partial charge in [0.15, 0.2) is 0 Å². The van der Waals surface area contributed by atoms with Gasteiger partial charge in [0.25, 0.3) is 0 Å². The molecule has 12 heavy (non-hydrogen) atoms. The van der Waals surface area contributed by atoms with E-state index in [0.717, 1.165) is 12.8 Å². The van der Waals surface area contributed by atoms with Gasteiger partial charge < -0.3 is 10.2 Å². The predicted molar refractivity (Wildman–Crippen MR) is 51.0 cm³/mol. The van der Waals surface area contributed by atoms with Crippen LogP contribution in [0, 0.1) is 17.4 Å². The van der Waals surface area contributed by atoms with E-state index in [2.05, 4.69) is 31.1 Å². The average Bonchev–Trinajstić information content (AvgIpc) is 2.62. The second kappa shape index (κ2) is 2.88. The Morgan fingerprint density at radius 1 is 1.25 bits per heavy atom. The normalized spacial score (nSPS) is 18.4. The summed E-state index contributed by atoms with van der Waals surface area (Å²) < 4.78 is 0. The van der Waals surface area contributed by atoms with Gasteiger partial charge in [-0.2, -0.15) is 0 Å². The fourth-order valence-corrected chi connectivity index (χ4v) is 1.43. The molecule has 0 bridgehead atoms. The fourth-order valence-electron chi connectivity index (χ4n) is 0.867. The molecular weight excluding hydrogens is 168 g/mol. The van der Waals surface area contributed by atoms with Crippen LogP contribution in [0.25, 0.3) is 0 Å². The Balaban J connectivity index is 2.62. The molecule has 68 valence electrons. The van der Waals surface area contributed by atoms with Crippen molar-refractivity contribution in [3.05, 3.63) is 0 Å². The van der Waals surface area contributed by atoms with Gasteiger partial charge in [-0.05, 0) is 18.8 Å². The molecule has 1 aliphatic carbocycles. The van der Waals surface area contributed by atoms with Gasteiger partial charge in [0.1, 0.15) is 8.07 Å². The zero-order valence-corrected chi connectivity index (χ0v) is 8.89. The van der Waals surface area contributed by atoms with Crippen molar-refractivity contribution in [3.63, 3.8) is 0 Å². The van der Waals surface area contributed by atoms with Crippen molar-refractivity contribution in [2.24, 2.45) is 5.92 Å². The summed E-state index contributed by atoms with van der Waals surface area (Å²) in [5.41, 5.74) is 2.97. The average molecular weight is 184 g/mol. The van der Waals surface area contributed by atoms with Crippen molar-refractivity contribution in [1.82, 2.24) is 0 Å². The van der Waals surface area contributed by atoms with Crippen molar-refractivity contribution in [1.29, 1.82) is 0 Å². The van der Waals surface area contributed by atoms with Crippen LogP contribution in [0.4, 0.5) is 0 Å². The first kappa shape index (κ1) is 9.78. The first-order valence-electron chi connectivity index (χ1n) is 4.30. The Hall–Kier alpha value is -0.303. The highest BCUT2D eigenvalue weighted by molar-refractivity contribution is 6.83. The van der Waals surface area contributed by atoms with E-state index in [1.165, 1.54) is 0 Å². The van der Waals surface area contributed by atoms with E-state index in [1.807, 2.05) is 0 Å². The summed E-state index contributed by atoms with van der Waals surface area (Å²) in [6, 6.07) is 0. The Morgan fingerprint density at radius 2 is 1.75 bits per heavy atom. The maximum atomic E-state index is 9.42. The van der Waals surface area contributed by atoms with Crippen LogP contribution in [-0.4, -0.2) is 24.1 Å². The molecule has 0 aromatic rings. The van der Waals surface area contributed by atoms with Crippen LogP contribution < -0.4 is 0 Å². The van der Waals surface area contributed by atoms with Crippen LogP contribution in [0.5, 0.6) is 0 Å². The van der Waals surface area contributed by atoms with Gasteiger partial charge in [-0.25, -0.2) is 0 Å². The highest BCUT2D eigenvalue weighted by Gasteiger charge is 2.41. The summed E-state index contributed by atoms with van der Waals surface area (Å²) in [5, 5.41) is 18.8. The quantitative estimate of drug-likeness (QED) is 0.362. The molecule has 2 nitrogen and oxygen atoms in total.